The van der Waals surface area contributed by atoms with Crippen LogP contribution in [0.4, 0.5) is 0 Å². The highest BCUT2D eigenvalue weighted by atomic mass is 16.3. The molecule has 6 heteroatoms. The van der Waals surface area contributed by atoms with E-state index in [4.69, 9.17) is 4.42 Å². The van der Waals surface area contributed by atoms with Crippen LogP contribution in [0.1, 0.15) is 66.7 Å². The van der Waals surface area contributed by atoms with Crippen LogP contribution in [0.15, 0.2) is 41.4 Å². The summed E-state index contributed by atoms with van der Waals surface area (Å²) in [5, 5.41) is 0. The zero-order chi connectivity index (χ0) is 17.5. The highest BCUT2D eigenvalue weighted by Crippen LogP contribution is 2.34. The predicted octanol–water partition coefficient (Wildman–Crippen LogP) is 4.12. The van der Waals surface area contributed by atoms with Crippen molar-refractivity contribution in [2.45, 2.75) is 50.6 Å². The van der Waals surface area contributed by atoms with E-state index in [2.05, 4.69) is 14.5 Å². The lowest BCUT2D eigenvalue weighted by Crippen LogP contribution is -2.30. The first kappa shape index (κ1) is 15.6. The second-order valence-corrected chi connectivity index (χ2v) is 7.33. The summed E-state index contributed by atoms with van der Waals surface area (Å²) in [7, 11) is 0. The smallest absolute Gasteiger partial charge is 0.256 e. The summed E-state index contributed by atoms with van der Waals surface area (Å²) in [6.07, 6.45) is 12.1. The number of likely N-dealkylation sites (tertiary alicyclic amines) is 1. The first-order valence-electron chi connectivity index (χ1n) is 9.48. The molecule has 26 heavy (non-hydrogen) atoms. The summed E-state index contributed by atoms with van der Waals surface area (Å²) in [4.78, 5) is 24.1. The number of carbonyl (C=O) groups is 1. The van der Waals surface area contributed by atoms with Gasteiger partial charge in [-0.25, -0.2) is 9.97 Å². The molecule has 1 aliphatic heterocycles. The molecule has 1 saturated heterocycles. The number of carbonyl (C=O) groups excluding carboxylic acids is 1. The van der Waals surface area contributed by atoms with Gasteiger partial charge in [0.15, 0.2) is 5.65 Å². The third-order valence-electron chi connectivity index (χ3n) is 5.76. The second kappa shape index (κ2) is 6.27. The lowest BCUT2D eigenvalue weighted by atomic mass is 10.1. The maximum Gasteiger partial charge on any atom is 0.256 e. The Hall–Kier alpha value is -2.63. The van der Waals surface area contributed by atoms with Crippen LogP contribution in [-0.2, 0) is 0 Å². The summed E-state index contributed by atoms with van der Waals surface area (Å²) in [5.74, 6) is 0.865. The fraction of sp³-hybridized carbons (Fsp3) is 0.450. The Bertz CT molecular complexity index is 925. The van der Waals surface area contributed by atoms with E-state index in [1.54, 1.807) is 12.5 Å². The molecule has 5 rings (SSSR count). The SMILES string of the molecule is O=C(c1cnc2c(c1)ncn2C1CCCC1)N1CCCC1c1ccco1. The van der Waals surface area contributed by atoms with Crippen LogP contribution in [0.2, 0.25) is 0 Å². The van der Waals surface area contributed by atoms with Crippen molar-refractivity contribution in [3.05, 3.63) is 48.3 Å². The molecule has 0 radical (unpaired) electrons. The first-order chi connectivity index (χ1) is 12.8. The van der Waals surface area contributed by atoms with E-state index in [9.17, 15) is 4.79 Å². The second-order valence-electron chi connectivity index (χ2n) is 7.33. The van der Waals surface area contributed by atoms with Crippen molar-refractivity contribution in [2.24, 2.45) is 0 Å². The van der Waals surface area contributed by atoms with E-state index in [0.29, 0.717) is 11.6 Å². The number of imidazole rings is 1. The molecule has 1 atom stereocenters. The number of amides is 1. The molecule has 6 nitrogen and oxygen atoms in total. The average Bonchev–Trinajstić information content (AvgIpc) is 3.47. The van der Waals surface area contributed by atoms with Crippen LogP contribution >= 0.6 is 0 Å². The van der Waals surface area contributed by atoms with E-state index in [1.165, 1.54) is 25.7 Å². The fourth-order valence-electron chi connectivity index (χ4n) is 4.44. The maximum atomic E-state index is 13.1. The van der Waals surface area contributed by atoms with Crippen molar-refractivity contribution in [1.82, 2.24) is 19.4 Å². The van der Waals surface area contributed by atoms with Gasteiger partial charge in [-0.1, -0.05) is 12.8 Å². The van der Waals surface area contributed by atoms with Crippen molar-refractivity contribution < 1.29 is 9.21 Å². The number of aromatic nitrogens is 3. The third-order valence-corrected chi connectivity index (χ3v) is 5.76. The maximum absolute atomic E-state index is 13.1. The van der Waals surface area contributed by atoms with Crippen molar-refractivity contribution in [3.8, 4) is 0 Å². The van der Waals surface area contributed by atoms with Crippen LogP contribution in [0.25, 0.3) is 11.2 Å². The highest BCUT2D eigenvalue weighted by Gasteiger charge is 2.32. The quantitative estimate of drug-likeness (QED) is 0.713. The molecular formula is C20H22N4O2. The lowest BCUT2D eigenvalue weighted by molar-refractivity contribution is 0.0719. The number of hydrogen-bond donors (Lipinski definition) is 0. The van der Waals surface area contributed by atoms with Gasteiger partial charge in [0.1, 0.15) is 11.3 Å². The molecule has 1 unspecified atom stereocenters. The monoisotopic (exact) mass is 350 g/mol. The molecule has 3 aromatic rings. The first-order valence-corrected chi connectivity index (χ1v) is 9.48. The summed E-state index contributed by atoms with van der Waals surface area (Å²) in [6.45, 7) is 0.749. The summed E-state index contributed by atoms with van der Waals surface area (Å²) < 4.78 is 7.72. The van der Waals surface area contributed by atoms with Gasteiger partial charge in [0.2, 0.25) is 0 Å². The fourth-order valence-corrected chi connectivity index (χ4v) is 4.44. The van der Waals surface area contributed by atoms with Crippen molar-refractivity contribution in [1.29, 1.82) is 0 Å². The van der Waals surface area contributed by atoms with Crippen LogP contribution < -0.4 is 0 Å². The molecular weight excluding hydrogens is 328 g/mol. The standard InChI is InChI=1S/C20H22N4O2/c25-20(23-9-3-7-17(23)18-8-4-10-26-18)14-11-16-19(21-12-14)24(13-22-16)15-5-1-2-6-15/h4,8,10-13,15,17H,1-3,5-7,9H2. The van der Waals surface area contributed by atoms with Crippen molar-refractivity contribution >= 4 is 17.1 Å². The molecule has 0 aromatic carbocycles. The van der Waals surface area contributed by atoms with Crippen LogP contribution in [0.5, 0.6) is 0 Å². The largest absolute Gasteiger partial charge is 0.467 e. The molecule has 1 saturated carbocycles. The molecule has 4 heterocycles. The normalized spacial score (nSPS) is 21.1. The van der Waals surface area contributed by atoms with Gasteiger partial charge < -0.3 is 13.9 Å². The minimum atomic E-state index is 0.00807. The van der Waals surface area contributed by atoms with Gasteiger partial charge in [0, 0.05) is 18.8 Å². The van der Waals surface area contributed by atoms with E-state index < -0.39 is 0 Å². The summed E-state index contributed by atoms with van der Waals surface area (Å²) in [6, 6.07) is 6.22. The summed E-state index contributed by atoms with van der Waals surface area (Å²) >= 11 is 0. The van der Waals surface area contributed by atoms with Crippen molar-refractivity contribution in [2.75, 3.05) is 6.54 Å². The van der Waals surface area contributed by atoms with Gasteiger partial charge in [0.05, 0.1) is 24.2 Å². The number of nitrogens with zero attached hydrogens (tertiary/aromatic N) is 4. The van der Waals surface area contributed by atoms with E-state index >= 15 is 0 Å². The Kier molecular flexibility index (Phi) is 3.76. The molecule has 1 amide bonds. The Balaban J connectivity index is 1.44. The molecule has 2 aliphatic rings. The Labute approximate surface area is 151 Å². The number of rotatable bonds is 3. The average molecular weight is 350 g/mol. The summed E-state index contributed by atoms with van der Waals surface area (Å²) in [5.41, 5.74) is 2.29. The van der Waals surface area contributed by atoms with Crippen molar-refractivity contribution in [3.63, 3.8) is 0 Å². The van der Waals surface area contributed by atoms with Gasteiger partial charge >= 0.3 is 0 Å². The minimum absolute atomic E-state index is 0.00807. The van der Waals surface area contributed by atoms with Crippen LogP contribution in [-0.4, -0.2) is 31.9 Å². The third kappa shape index (κ3) is 2.52. The number of fused-ring (bicyclic) bond motifs is 1. The Morgan fingerprint density at radius 3 is 2.85 bits per heavy atom. The molecule has 134 valence electrons. The van der Waals surface area contributed by atoms with Crippen LogP contribution in [0, 0.1) is 0 Å². The molecule has 0 bridgehead atoms. The molecule has 0 N–H and O–H groups in total. The molecule has 1 aliphatic carbocycles. The highest BCUT2D eigenvalue weighted by molar-refractivity contribution is 5.96. The Morgan fingerprint density at radius 1 is 1.15 bits per heavy atom. The zero-order valence-corrected chi connectivity index (χ0v) is 14.7. The zero-order valence-electron chi connectivity index (χ0n) is 14.7. The number of hydrogen-bond acceptors (Lipinski definition) is 4. The number of pyridine rings is 1. The van der Waals surface area contributed by atoms with Gasteiger partial charge in [0.25, 0.3) is 5.91 Å². The topological polar surface area (TPSA) is 64.2 Å². The number of furan rings is 1. The molecule has 3 aromatic heterocycles. The van der Waals surface area contributed by atoms with Gasteiger partial charge in [-0.15, -0.1) is 0 Å². The van der Waals surface area contributed by atoms with E-state index in [-0.39, 0.29) is 11.9 Å². The van der Waals surface area contributed by atoms with Gasteiger partial charge in [-0.3, -0.25) is 4.79 Å². The lowest BCUT2D eigenvalue weighted by Gasteiger charge is -2.23. The van der Waals surface area contributed by atoms with Gasteiger partial charge in [-0.2, -0.15) is 0 Å². The van der Waals surface area contributed by atoms with Gasteiger partial charge in [-0.05, 0) is 43.9 Å². The predicted molar refractivity (Wildman–Crippen MR) is 96.8 cm³/mol. The van der Waals surface area contributed by atoms with Crippen LogP contribution in [0.3, 0.4) is 0 Å². The molecule has 2 fully saturated rings. The Morgan fingerprint density at radius 2 is 2.04 bits per heavy atom. The molecule has 0 spiro atoms. The van der Waals surface area contributed by atoms with E-state index in [0.717, 1.165) is 36.3 Å². The minimum Gasteiger partial charge on any atom is -0.467 e. The van der Waals surface area contributed by atoms with E-state index in [1.807, 2.05) is 29.4 Å².